The largest absolute Gasteiger partial charge is 0.486 e. The van der Waals surface area contributed by atoms with Gasteiger partial charge in [0.05, 0.1) is 0 Å². The molecule has 0 fully saturated rings. The van der Waals surface area contributed by atoms with Gasteiger partial charge in [0.25, 0.3) is 0 Å². The Hall–Kier alpha value is -1.61. The second kappa shape index (κ2) is 5.15. The summed E-state index contributed by atoms with van der Waals surface area (Å²) in [6, 6.07) is 11.6. The Kier molecular flexibility index (Phi) is 3.59. The van der Waals surface area contributed by atoms with Crippen molar-refractivity contribution in [1.29, 1.82) is 0 Å². The third-order valence-electron chi connectivity index (χ3n) is 2.24. The van der Waals surface area contributed by atoms with Crippen molar-refractivity contribution < 1.29 is 13.5 Å². The lowest BCUT2D eigenvalue weighted by atomic mass is 10.2. The average molecular weight is 255 g/mol. The van der Waals surface area contributed by atoms with Gasteiger partial charge >= 0.3 is 0 Å². The van der Waals surface area contributed by atoms with Crippen LogP contribution in [-0.2, 0) is 6.61 Å². The summed E-state index contributed by atoms with van der Waals surface area (Å²) in [5.41, 5.74) is 0.896. The van der Waals surface area contributed by atoms with Gasteiger partial charge in [0.1, 0.15) is 17.4 Å². The Morgan fingerprint density at radius 3 is 2.41 bits per heavy atom. The first-order chi connectivity index (χ1) is 8.18. The summed E-state index contributed by atoms with van der Waals surface area (Å²) >= 11 is 5.43. The molecule has 0 saturated carbocycles. The first kappa shape index (κ1) is 11.9. The second-order valence-corrected chi connectivity index (χ2v) is 3.83. The van der Waals surface area contributed by atoms with Crippen molar-refractivity contribution in [2.24, 2.45) is 0 Å². The van der Waals surface area contributed by atoms with Gasteiger partial charge in [-0.25, -0.2) is 8.78 Å². The van der Waals surface area contributed by atoms with Gasteiger partial charge in [-0.1, -0.05) is 41.9 Å². The van der Waals surface area contributed by atoms with Gasteiger partial charge in [0, 0.05) is 0 Å². The molecule has 0 bridgehead atoms. The Balaban J connectivity index is 2.13. The monoisotopic (exact) mass is 254 g/mol. The van der Waals surface area contributed by atoms with Gasteiger partial charge in [-0.05, 0) is 17.7 Å². The standard InChI is InChI=1S/C13H9ClF2O/c14-12-10(15)6-7-11(13(12)16)17-8-9-4-2-1-3-5-9/h1-7H,8H2. The molecule has 2 aromatic rings. The molecule has 2 aromatic carbocycles. The minimum Gasteiger partial charge on any atom is -0.486 e. The second-order valence-electron chi connectivity index (χ2n) is 3.45. The van der Waals surface area contributed by atoms with Gasteiger partial charge in [-0.15, -0.1) is 0 Å². The summed E-state index contributed by atoms with van der Waals surface area (Å²) < 4.78 is 31.6. The smallest absolute Gasteiger partial charge is 0.186 e. The predicted molar refractivity (Wildman–Crippen MR) is 62.1 cm³/mol. The van der Waals surface area contributed by atoms with Crippen LogP contribution < -0.4 is 4.74 Å². The van der Waals surface area contributed by atoms with Crippen LogP contribution in [0.15, 0.2) is 42.5 Å². The van der Waals surface area contributed by atoms with E-state index in [2.05, 4.69) is 0 Å². The van der Waals surface area contributed by atoms with E-state index in [0.717, 1.165) is 11.6 Å². The number of benzene rings is 2. The van der Waals surface area contributed by atoms with Gasteiger partial charge in [0.15, 0.2) is 11.6 Å². The summed E-state index contributed by atoms with van der Waals surface area (Å²) in [7, 11) is 0. The minimum atomic E-state index is -0.873. The average Bonchev–Trinajstić information content (AvgIpc) is 2.36. The molecule has 4 heteroatoms. The van der Waals surface area contributed by atoms with Crippen LogP contribution in [0.25, 0.3) is 0 Å². The Bertz CT molecular complexity index is 514. The van der Waals surface area contributed by atoms with Crippen molar-refractivity contribution in [1.82, 2.24) is 0 Å². The molecule has 0 unspecified atom stereocenters. The van der Waals surface area contributed by atoms with Crippen LogP contribution in [0.5, 0.6) is 5.75 Å². The Morgan fingerprint density at radius 2 is 1.71 bits per heavy atom. The molecular formula is C13H9ClF2O. The van der Waals surface area contributed by atoms with Gasteiger partial charge in [-0.3, -0.25) is 0 Å². The molecule has 0 aliphatic carbocycles. The normalized spacial score (nSPS) is 10.3. The van der Waals surface area contributed by atoms with E-state index in [4.69, 9.17) is 16.3 Å². The van der Waals surface area contributed by atoms with Crippen molar-refractivity contribution in [3.05, 3.63) is 64.7 Å². The van der Waals surface area contributed by atoms with Crippen molar-refractivity contribution >= 4 is 11.6 Å². The van der Waals surface area contributed by atoms with E-state index in [9.17, 15) is 8.78 Å². The van der Waals surface area contributed by atoms with E-state index in [1.54, 1.807) is 0 Å². The molecule has 0 aromatic heterocycles. The molecule has 2 rings (SSSR count). The van der Waals surface area contributed by atoms with Crippen molar-refractivity contribution in [3.8, 4) is 5.75 Å². The molecule has 0 saturated heterocycles. The third-order valence-corrected chi connectivity index (χ3v) is 2.58. The van der Waals surface area contributed by atoms with Crippen LogP contribution in [0.1, 0.15) is 5.56 Å². The Morgan fingerprint density at radius 1 is 1.00 bits per heavy atom. The summed E-state index contributed by atoms with van der Waals surface area (Å²) in [5.74, 6) is -1.72. The quantitative estimate of drug-likeness (QED) is 0.746. The Labute approximate surface area is 103 Å². The van der Waals surface area contributed by atoms with Gasteiger partial charge < -0.3 is 4.74 Å². The van der Waals surface area contributed by atoms with Crippen molar-refractivity contribution in [2.75, 3.05) is 0 Å². The molecule has 1 nitrogen and oxygen atoms in total. The highest BCUT2D eigenvalue weighted by molar-refractivity contribution is 6.31. The number of ether oxygens (including phenoxy) is 1. The van der Waals surface area contributed by atoms with Crippen molar-refractivity contribution in [3.63, 3.8) is 0 Å². The fraction of sp³-hybridized carbons (Fsp3) is 0.0769. The van der Waals surface area contributed by atoms with E-state index in [1.807, 2.05) is 30.3 Å². The van der Waals surface area contributed by atoms with E-state index in [-0.39, 0.29) is 12.4 Å². The molecule has 88 valence electrons. The summed E-state index contributed by atoms with van der Waals surface area (Å²) in [4.78, 5) is 0. The highest BCUT2D eigenvalue weighted by atomic mass is 35.5. The van der Waals surface area contributed by atoms with Crippen LogP contribution in [0.3, 0.4) is 0 Å². The lowest BCUT2D eigenvalue weighted by molar-refractivity contribution is 0.289. The summed E-state index contributed by atoms with van der Waals surface area (Å²) in [6.07, 6.45) is 0. The number of hydrogen-bond donors (Lipinski definition) is 0. The van der Waals surface area contributed by atoms with E-state index in [1.165, 1.54) is 6.07 Å². The van der Waals surface area contributed by atoms with Crippen molar-refractivity contribution in [2.45, 2.75) is 6.61 Å². The zero-order chi connectivity index (χ0) is 12.3. The molecule has 0 N–H and O–H groups in total. The maximum Gasteiger partial charge on any atom is 0.186 e. The van der Waals surface area contributed by atoms with Crippen LogP contribution in [0, 0.1) is 11.6 Å². The minimum absolute atomic E-state index is 0.0553. The maximum atomic E-state index is 13.5. The number of halogens is 3. The molecule has 0 amide bonds. The SMILES string of the molecule is Fc1ccc(OCc2ccccc2)c(F)c1Cl. The van der Waals surface area contributed by atoms with Crippen LogP contribution in [0.2, 0.25) is 5.02 Å². The first-order valence-corrected chi connectivity index (χ1v) is 5.36. The first-order valence-electron chi connectivity index (χ1n) is 4.98. The van der Waals surface area contributed by atoms with Crippen LogP contribution >= 0.6 is 11.6 Å². The number of rotatable bonds is 3. The molecule has 0 aliphatic heterocycles. The number of hydrogen-bond acceptors (Lipinski definition) is 1. The fourth-order valence-electron chi connectivity index (χ4n) is 1.35. The van der Waals surface area contributed by atoms with E-state index in [0.29, 0.717) is 0 Å². The topological polar surface area (TPSA) is 9.23 Å². The summed E-state index contributed by atoms with van der Waals surface area (Å²) in [6.45, 7) is 0.208. The molecule has 0 radical (unpaired) electrons. The zero-order valence-corrected chi connectivity index (χ0v) is 9.55. The summed E-state index contributed by atoms with van der Waals surface area (Å²) in [5, 5.41) is -0.546. The molecular weight excluding hydrogens is 246 g/mol. The molecule has 0 aliphatic rings. The maximum absolute atomic E-state index is 13.5. The molecule has 0 spiro atoms. The highest BCUT2D eigenvalue weighted by Crippen LogP contribution is 2.27. The molecule has 0 heterocycles. The van der Waals surface area contributed by atoms with Gasteiger partial charge in [-0.2, -0.15) is 0 Å². The van der Waals surface area contributed by atoms with E-state index >= 15 is 0 Å². The zero-order valence-electron chi connectivity index (χ0n) is 8.79. The van der Waals surface area contributed by atoms with Crippen LogP contribution in [-0.4, -0.2) is 0 Å². The highest BCUT2D eigenvalue weighted by Gasteiger charge is 2.12. The van der Waals surface area contributed by atoms with Gasteiger partial charge in [0.2, 0.25) is 0 Å². The molecule has 17 heavy (non-hydrogen) atoms. The predicted octanol–water partition coefficient (Wildman–Crippen LogP) is 4.20. The lowest BCUT2D eigenvalue weighted by Gasteiger charge is -2.08. The van der Waals surface area contributed by atoms with E-state index < -0.39 is 16.7 Å². The lowest BCUT2D eigenvalue weighted by Crippen LogP contribution is -1.98. The third kappa shape index (κ3) is 2.74. The fourth-order valence-corrected chi connectivity index (χ4v) is 1.51. The molecule has 0 atom stereocenters. The van der Waals surface area contributed by atoms with Crippen LogP contribution in [0.4, 0.5) is 8.78 Å².